The van der Waals surface area contributed by atoms with Crippen LogP contribution in [0.3, 0.4) is 0 Å². The maximum Gasteiger partial charge on any atom is 0.246 e. The zero-order valence-corrected chi connectivity index (χ0v) is 16.7. The average molecular weight is 441 g/mol. The first-order chi connectivity index (χ1) is 13.0. The van der Waals surface area contributed by atoms with E-state index in [9.17, 15) is 13.6 Å². The third-order valence-electron chi connectivity index (χ3n) is 3.93. The first-order valence-electron chi connectivity index (χ1n) is 8.64. The van der Waals surface area contributed by atoms with Crippen LogP contribution in [-0.2, 0) is 22.5 Å². The first-order valence-corrected chi connectivity index (χ1v) is 9.44. The smallest absolute Gasteiger partial charge is 0.246 e. The molecule has 27 heavy (non-hydrogen) atoms. The molecular formula is C20H23BrF2N2O2. The van der Waals surface area contributed by atoms with Gasteiger partial charge in [-0.3, -0.25) is 4.79 Å². The predicted octanol–water partition coefficient (Wildman–Crippen LogP) is 3.58. The van der Waals surface area contributed by atoms with Gasteiger partial charge in [0, 0.05) is 30.2 Å². The van der Waals surface area contributed by atoms with Crippen LogP contribution in [0.5, 0.6) is 0 Å². The number of hydrogen-bond acceptors (Lipinski definition) is 3. The van der Waals surface area contributed by atoms with E-state index < -0.39 is 11.6 Å². The Kier molecular flexibility index (Phi) is 8.84. The predicted molar refractivity (Wildman–Crippen MR) is 104 cm³/mol. The van der Waals surface area contributed by atoms with E-state index >= 15 is 0 Å². The second-order valence-corrected chi connectivity index (χ2v) is 7.19. The third kappa shape index (κ3) is 8.15. The van der Waals surface area contributed by atoms with E-state index in [4.69, 9.17) is 4.74 Å². The average Bonchev–Trinajstić information content (AvgIpc) is 2.58. The number of ether oxygens (including phenoxy) is 1. The van der Waals surface area contributed by atoms with Gasteiger partial charge in [-0.1, -0.05) is 28.1 Å². The Balaban J connectivity index is 1.91. The molecule has 2 N–H and O–H groups in total. The molecule has 0 saturated heterocycles. The van der Waals surface area contributed by atoms with Gasteiger partial charge in [-0.25, -0.2) is 8.78 Å². The van der Waals surface area contributed by atoms with Crippen LogP contribution in [0.4, 0.5) is 8.78 Å². The van der Waals surface area contributed by atoms with Crippen LogP contribution in [0.15, 0.2) is 46.9 Å². The molecule has 146 valence electrons. The second kappa shape index (κ2) is 11.1. The zero-order valence-electron chi connectivity index (χ0n) is 15.1. The summed E-state index contributed by atoms with van der Waals surface area (Å²) in [6, 6.07) is 11.1. The number of benzene rings is 2. The Bertz CT molecular complexity index is 738. The summed E-state index contributed by atoms with van der Waals surface area (Å²) in [5, 5.41) is 6.18. The Hall–Kier alpha value is -1.83. The van der Waals surface area contributed by atoms with Gasteiger partial charge >= 0.3 is 0 Å². The molecule has 7 heteroatoms. The fraction of sp³-hybridized carbons (Fsp3) is 0.350. The Morgan fingerprint density at radius 2 is 1.89 bits per heavy atom. The molecule has 0 aliphatic rings. The topological polar surface area (TPSA) is 50.4 Å². The van der Waals surface area contributed by atoms with Crippen molar-refractivity contribution in [2.75, 3.05) is 20.3 Å². The summed E-state index contributed by atoms with van der Waals surface area (Å²) < 4.78 is 32.7. The third-order valence-corrected chi connectivity index (χ3v) is 4.43. The zero-order chi connectivity index (χ0) is 19.6. The van der Waals surface area contributed by atoms with Crippen molar-refractivity contribution >= 4 is 21.8 Å². The molecule has 0 heterocycles. The molecule has 4 nitrogen and oxygen atoms in total. The van der Waals surface area contributed by atoms with Crippen LogP contribution in [0, 0.1) is 11.6 Å². The van der Waals surface area contributed by atoms with Gasteiger partial charge in [0.15, 0.2) is 0 Å². The van der Waals surface area contributed by atoms with E-state index in [0.717, 1.165) is 16.1 Å². The highest BCUT2D eigenvalue weighted by Gasteiger charge is 2.14. The normalized spacial score (nSPS) is 12.0. The van der Waals surface area contributed by atoms with Gasteiger partial charge < -0.3 is 15.4 Å². The quantitative estimate of drug-likeness (QED) is 0.555. The Morgan fingerprint density at radius 3 is 2.56 bits per heavy atom. The van der Waals surface area contributed by atoms with Crippen molar-refractivity contribution in [2.45, 2.75) is 25.4 Å². The summed E-state index contributed by atoms with van der Waals surface area (Å²) >= 11 is 3.44. The molecule has 0 saturated carbocycles. The van der Waals surface area contributed by atoms with Crippen LogP contribution < -0.4 is 10.6 Å². The molecule has 0 aromatic heterocycles. The highest BCUT2D eigenvalue weighted by Crippen LogP contribution is 2.13. The fourth-order valence-electron chi connectivity index (χ4n) is 2.79. The van der Waals surface area contributed by atoms with Gasteiger partial charge in [0.25, 0.3) is 0 Å². The van der Waals surface area contributed by atoms with E-state index in [1.165, 1.54) is 19.2 Å². The molecule has 2 aromatic rings. The summed E-state index contributed by atoms with van der Waals surface area (Å²) in [5.41, 5.74) is 1.64. The molecule has 2 aromatic carbocycles. The second-order valence-electron chi connectivity index (χ2n) is 6.27. The standard InChI is InChI=1S/C20H23BrF2N2O2/c1-27-13-20(26)25-19(10-15-8-17(22)11-18(23)9-15)5-6-24-12-14-3-2-4-16(21)7-14/h2-4,7-9,11,19,24H,5-6,10,12-13H2,1H3,(H,25,26)/t19-/m1/s1. The number of carbonyl (C=O) groups is 1. The summed E-state index contributed by atoms with van der Waals surface area (Å²) in [4.78, 5) is 11.9. The Morgan fingerprint density at radius 1 is 1.15 bits per heavy atom. The van der Waals surface area contributed by atoms with E-state index in [0.29, 0.717) is 31.5 Å². The van der Waals surface area contributed by atoms with Crippen LogP contribution in [0.25, 0.3) is 0 Å². The highest BCUT2D eigenvalue weighted by molar-refractivity contribution is 9.10. The lowest BCUT2D eigenvalue weighted by Crippen LogP contribution is -2.40. The number of nitrogens with one attached hydrogen (secondary N) is 2. The lowest BCUT2D eigenvalue weighted by Gasteiger charge is -2.19. The molecular weight excluding hydrogens is 418 g/mol. The molecule has 0 bridgehead atoms. The molecule has 0 radical (unpaired) electrons. The van der Waals surface area contributed by atoms with Gasteiger partial charge in [0.2, 0.25) is 5.91 Å². The molecule has 1 amide bonds. The minimum absolute atomic E-state index is 0.0561. The van der Waals surface area contributed by atoms with Crippen molar-refractivity contribution in [1.29, 1.82) is 0 Å². The van der Waals surface area contributed by atoms with E-state index in [2.05, 4.69) is 26.6 Å². The molecule has 0 aliphatic heterocycles. The summed E-state index contributed by atoms with van der Waals surface area (Å²) in [6.07, 6.45) is 0.949. The lowest BCUT2D eigenvalue weighted by molar-refractivity contribution is -0.125. The van der Waals surface area contributed by atoms with Crippen LogP contribution in [0.2, 0.25) is 0 Å². The van der Waals surface area contributed by atoms with E-state index in [-0.39, 0.29) is 18.6 Å². The van der Waals surface area contributed by atoms with Crippen molar-refractivity contribution in [1.82, 2.24) is 10.6 Å². The van der Waals surface area contributed by atoms with Gasteiger partial charge in [-0.05, 0) is 54.8 Å². The van der Waals surface area contributed by atoms with E-state index in [1.807, 2.05) is 24.3 Å². The van der Waals surface area contributed by atoms with E-state index in [1.54, 1.807) is 0 Å². The minimum Gasteiger partial charge on any atom is -0.375 e. The van der Waals surface area contributed by atoms with Gasteiger partial charge in [0.1, 0.15) is 18.2 Å². The van der Waals surface area contributed by atoms with Crippen LogP contribution in [0.1, 0.15) is 17.5 Å². The summed E-state index contributed by atoms with van der Waals surface area (Å²) in [5.74, 6) is -1.51. The molecule has 0 aliphatic carbocycles. The van der Waals surface area contributed by atoms with Crippen molar-refractivity contribution in [3.63, 3.8) is 0 Å². The van der Waals surface area contributed by atoms with Crippen molar-refractivity contribution < 1.29 is 18.3 Å². The molecule has 1 atom stereocenters. The SMILES string of the molecule is COCC(=O)N[C@H](CCNCc1cccc(Br)c1)Cc1cc(F)cc(F)c1. The van der Waals surface area contributed by atoms with Crippen LogP contribution >= 0.6 is 15.9 Å². The number of carbonyl (C=O) groups excluding carboxylic acids is 1. The van der Waals surface area contributed by atoms with Crippen molar-refractivity contribution in [2.24, 2.45) is 0 Å². The van der Waals surface area contributed by atoms with Gasteiger partial charge in [0.05, 0.1) is 0 Å². The van der Waals surface area contributed by atoms with Gasteiger partial charge in [-0.2, -0.15) is 0 Å². The maximum absolute atomic E-state index is 13.4. The number of methoxy groups -OCH3 is 1. The number of halogens is 3. The maximum atomic E-state index is 13.4. The molecule has 0 unspecified atom stereocenters. The monoisotopic (exact) mass is 440 g/mol. The highest BCUT2D eigenvalue weighted by atomic mass is 79.9. The van der Waals surface area contributed by atoms with Gasteiger partial charge in [-0.15, -0.1) is 0 Å². The first kappa shape index (κ1) is 21.5. The van der Waals surface area contributed by atoms with Crippen LogP contribution in [-0.4, -0.2) is 32.2 Å². The summed E-state index contributed by atoms with van der Waals surface area (Å²) in [7, 11) is 1.44. The minimum atomic E-state index is -0.625. The van der Waals surface area contributed by atoms with Crippen molar-refractivity contribution in [3.8, 4) is 0 Å². The number of hydrogen-bond donors (Lipinski definition) is 2. The molecule has 0 fully saturated rings. The largest absolute Gasteiger partial charge is 0.375 e. The Labute approximate surface area is 166 Å². The fourth-order valence-corrected chi connectivity index (χ4v) is 3.24. The van der Waals surface area contributed by atoms with Crippen molar-refractivity contribution in [3.05, 3.63) is 69.7 Å². The number of amides is 1. The summed E-state index contributed by atoms with van der Waals surface area (Å²) in [6.45, 7) is 1.27. The lowest BCUT2D eigenvalue weighted by atomic mass is 10.0. The molecule has 2 rings (SSSR count). The molecule has 0 spiro atoms. The number of rotatable bonds is 10.